The normalized spacial score (nSPS) is 22.7. The van der Waals surface area contributed by atoms with Gasteiger partial charge < -0.3 is 15.2 Å². The number of fused-ring (bicyclic) bond motifs is 1. The average molecular weight is 586 g/mol. The summed E-state index contributed by atoms with van der Waals surface area (Å²) in [7, 11) is -4.25. The lowest BCUT2D eigenvalue weighted by Gasteiger charge is -2.32. The maximum atomic E-state index is 14.1. The first-order valence-corrected chi connectivity index (χ1v) is 14.1. The van der Waals surface area contributed by atoms with Crippen molar-refractivity contribution in [2.24, 2.45) is 0 Å². The van der Waals surface area contributed by atoms with Crippen LogP contribution in [0.1, 0.15) is 45.1 Å². The van der Waals surface area contributed by atoms with Crippen LogP contribution in [0, 0.1) is 11.6 Å². The number of aliphatic hydroxyl groups is 1. The third-order valence-electron chi connectivity index (χ3n) is 7.44. The van der Waals surface area contributed by atoms with Gasteiger partial charge in [0.2, 0.25) is 16.0 Å². The van der Waals surface area contributed by atoms with Gasteiger partial charge in [-0.15, -0.1) is 0 Å². The molecule has 1 aliphatic carbocycles. The quantitative estimate of drug-likeness (QED) is 0.404. The monoisotopic (exact) mass is 585 g/mol. The maximum Gasteiger partial charge on any atom is 0.387 e. The van der Waals surface area contributed by atoms with E-state index < -0.39 is 56.1 Å². The molecule has 5 rings (SSSR count). The second kappa shape index (κ2) is 10.6. The molecule has 10 nitrogen and oxygen atoms in total. The summed E-state index contributed by atoms with van der Waals surface area (Å²) < 4.78 is 86.1. The molecule has 3 aromatic rings. The molecule has 2 atom stereocenters. The lowest BCUT2D eigenvalue weighted by Crippen LogP contribution is -2.42. The summed E-state index contributed by atoms with van der Waals surface area (Å²) in [6.07, 6.45) is 3.37. The Bertz CT molecular complexity index is 1590. The van der Waals surface area contributed by atoms with Crippen LogP contribution in [0.15, 0.2) is 40.2 Å². The summed E-state index contributed by atoms with van der Waals surface area (Å²) in [6.45, 7) is -1.61. The SMILES string of the molecule is C[C@@]1(O)CCC[C@H]1n1c(=O)c(OC(F)F)cc2cnc(NC3CCN(S(=O)(=O)c4cc(F)ccc4F)CC3)nc21. The molecule has 0 radical (unpaired) electrons. The standard InChI is InChI=1S/C25H27F4N5O5S/c1-25(36)8-2-3-20(25)34-21-14(11-18(22(34)35)39-23(28)29)13-30-24(32-21)31-16-6-9-33(10-7-16)40(37,38)19-12-15(26)4-5-17(19)27/h4-5,11-13,16,20,23,36H,2-3,6-10H2,1H3,(H,30,31,32)/t20-,25-/m1/s1. The number of piperidine rings is 1. The fourth-order valence-corrected chi connectivity index (χ4v) is 6.95. The number of hydrogen-bond donors (Lipinski definition) is 2. The van der Waals surface area contributed by atoms with E-state index in [0.717, 1.165) is 22.5 Å². The lowest BCUT2D eigenvalue weighted by molar-refractivity contribution is -0.0513. The summed E-state index contributed by atoms with van der Waals surface area (Å²) in [6, 6.07) is 2.36. The van der Waals surface area contributed by atoms with Crippen molar-refractivity contribution in [1.29, 1.82) is 0 Å². The van der Waals surface area contributed by atoms with Crippen LogP contribution >= 0.6 is 0 Å². The highest BCUT2D eigenvalue weighted by Crippen LogP contribution is 2.40. The number of alkyl halides is 2. The number of sulfonamides is 1. The van der Waals surface area contributed by atoms with E-state index >= 15 is 0 Å². The van der Waals surface area contributed by atoms with E-state index in [-0.39, 0.29) is 36.1 Å². The van der Waals surface area contributed by atoms with E-state index in [1.165, 1.54) is 10.8 Å². The Morgan fingerprint density at radius 3 is 2.55 bits per heavy atom. The predicted octanol–water partition coefficient (Wildman–Crippen LogP) is 3.41. The molecule has 0 spiro atoms. The van der Waals surface area contributed by atoms with Crippen molar-refractivity contribution in [2.45, 2.75) is 68.2 Å². The maximum absolute atomic E-state index is 14.1. The molecule has 2 aliphatic rings. The topological polar surface area (TPSA) is 127 Å². The molecule has 0 unspecified atom stereocenters. The number of benzene rings is 1. The molecule has 1 aromatic carbocycles. The van der Waals surface area contributed by atoms with E-state index in [1.54, 1.807) is 6.92 Å². The molecule has 2 fully saturated rings. The van der Waals surface area contributed by atoms with Crippen LogP contribution in [0.4, 0.5) is 23.5 Å². The third-order valence-corrected chi connectivity index (χ3v) is 9.36. The first-order chi connectivity index (χ1) is 18.9. The molecule has 1 saturated carbocycles. The van der Waals surface area contributed by atoms with E-state index in [4.69, 9.17) is 0 Å². The van der Waals surface area contributed by atoms with Gasteiger partial charge in [-0.3, -0.25) is 9.36 Å². The van der Waals surface area contributed by atoms with Gasteiger partial charge in [0.25, 0.3) is 5.56 Å². The molecule has 216 valence electrons. The summed E-state index contributed by atoms with van der Waals surface area (Å²) in [5.41, 5.74) is -2.01. The molecule has 1 aliphatic heterocycles. The minimum absolute atomic E-state index is 0.0213. The van der Waals surface area contributed by atoms with Gasteiger partial charge in [-0.1, -0.05) is 0 Å². The fourth-order valence-electron chi connectivity index (χ4n) is 5.41. The molecule has 40 heavy (non-hydrogen) atoms. The minimum atomic E-state index is -4.25. The highest BCUT2D eigenvalue weighted by Gasteiger charge is 2.40. The van der Waals surface area contributed by atoms with E-state index in [0.29, 0.717) is 38.2 Å². The molecular weight excluding hydrogens is 558 g/mol. The molecule has 2 N–H and O–H groups in total. The van der Waals surface area contributed by atoms with Crippen LogP contribution in [0.25, 0.3) is 11.0 Å². The van der Waals surface area contributed by atoms with Gasteiger partial charge in [-0.25, -0.2) is 22.2 Å². The number of aromatic nitrogens is 3. The third kappa shape index (κ3) is 5.37. The number of hydrogen-bond acceptors (Lipinski definition) is 8. The molecule has 1 saturated heterocycles. The number of halogens is 4. The van der Waals surface area contributed by atoms with Crippen molar-refractivity contribution < 1.29 is 35.8 Å². The largest absolute Gasteiger partial charge is 0.429 e. The Kier molecular flexibility index (Phi) is 7.48. The van der Waals surface area contributed by atoms with E-state index in [2.05, 4.69) is 20.0 Å². The zero-order chi connectivity index (χ0) is 28.8. The van der Waals surface area contributed by atoms with Gasteiger partial charge in [0.1, 0.15) is 22.2 Å². The van der Waals surface area contributed by atoms with Crippen molar-refractivity contribution in [3.8, 4) is 5.75 Å². The molecular formula is C25H27F4N5O5S. The zero-order valence-corrected chi connectivity index (χ0v) is 22.2. The lowest BCUT2D eigenvalue weighted by atomic mass is 10.00. The number of ether oxygens (including phenoxy) is 1. The van der Waals surface area contributed by atoms with Crippen molar-refractivity contribution >= 4 is 27.0 Å². The molecule has 0 bridgehead atoms. The number of nitrogens with zero attached hydrogens (tertiary/aromatic N) is 4. The van der Waals surface area contributed by atoms with Crippen LogP contribution in [0.5, 0.6) is 5.75 Å². The highest BCUT2D eigenvalue weighted by atomic mass is 32.2. The molecule has 2 aromatic heterocycles. The Labute approximate surface area is 226 Å². The van der Waals surface area contributed by atoms with Crippen LogP contribution < -0.4 is 15.6 Å². The first-order valence-electron chi connectivity index (χ1n) is 12.7. The second-order valence-electron chi connectivity index (χ2n) is 10.2. The van der Waals surface area contributed by atoms with Crippen LogP contribution in [-0.2, 0) is 10.0 Å². The average Bonchev–Trinajstić information content (AvgIpc) is 3.24. The van der Waals surface area contributed by atoms with Gasteiger partial charge in [-0.05, 0) is 63.3 Å². The van der Waals surface area contributed by atoms with Gasteiger partial charge in [0.05, 0.1) is 11.6 Å². The number of anilines is 1. The molecule has 3 heterocycles. The fraction of sp³-hybridized carbons (Fsp3) is 0.480. The Balaban J connectivity index is 1.39. The summed E-state index contributed by atoms with van der Waals surface area (Å²) in [4.78, 5) is 21.1. The number of pyridine rings is 1. The molecule has 0 amide bonds. The van der Waals surface area contributed by atoms with E-state index in [1.807, 2.05) is 0 Å². The predicted molar refractivity (Wildman–Crippen MR) is 136 cm³/mol. The number of rotatable bonds is 7. The zero-order valence-electron chi connectivity index (χ0n) is 21.4. The van der Waals surface area contributed by atoms with E-state index in [9.17, 15) is 35.9 Å². The summed E-state index contributed by atoms with van der Waals surface area (Å²) in [5, 5.41) is 14.2. The van der Waals surface area contributed by atoms with Crippen LogP contribution in [-0.4, -0.2) is 63.7 Å². The Morgan fingerprint density at radius 1 is 1.18 bits per heavy atom. The van der Waals surface area contributed by atoms with Crippen molar-refractivity contribution in [3.63, 3.8) is 0 Å². The first kappa shape index (κ1) is 28.2. The summed E-state index contributed by atoms with van der Waals surface area (Å²) in [5.74, 6) is -2.38. The van der Waals surface area contributed by atoms with Gasteiger partial charge in [0.15, 0.2) is 5.75 Å². The van der Waals surface area contributed by atoms with Crippen molar-refractivity contribution in [1.82, 2.24) is 18.8 Å². The Hall–Kier alpha value is -3.30. The smallest absolute Gasteiger partial charge is 0.387 e. The van der Waals surface area contributed by atoms with Crippen molar-refractivity contribution in [2.75, 3.05) is 18.4 Å². The summed E-state index contributed by atoms with van der Waals surface area (Å²) >= 11 is 0. The number of nitrogens with one attached hydrogen (secondary N) is 1. The van der Waals surface area contributed by atoms with Gasteiger partial charge in [0, 0.05) is 30.7 Å². The van der Waals surface area contributed by atoms with Crippen LogP contribution in [0.2, 0.25) is 0 Å². The Morgan fingerprint density at radius 2 is 1.90 bits per heavy atom. The highest BCUT2D eigenvalue weighted by molar-refractivity contribution is 7.89. The van der Waals surface area contributed by atoms with Crippen molar-refractivity contribution in [3.05, 3.63) is 52.5 Å². The molecule has 15 heteroatoms. The van der Waals surface area contributed by atoms with Crippen LogP contribution in [0.3, 0.4) is 0 Å². The second-order valence-corrected chi connectivity index (χ2v) is 12.1. The van der Waals surface area contributed by atoms with Gasteiger partial charge in [-0.2, -0.15) is 18.1 Å². The van der Waals surface area contributed by atoms with Gasteiger partial charge >= 0.3 is 6.61 Å². The minimum Gasteiger partial charge on any atom is -0.429 e.